The molecule has 0 aliphatic carbocycles. The van der Waals surface area contributed by atoms with E-state index >= 15 is 0 Å². The Balaban J connectivity index is 2.07. The van der Waals surface area contributed by atoms with Gasteiger partial charge in [-0.05, 0) is 49.7 Å². The summed E-state index contributed by atoms with van der Waals surface area (Å²) in [6, 6.07) is 9.57. The molecule has 0 spiro atoms. The maximum Gasteiger partial charge on any atom is 0.103 e. The molecule has 3 aromatic rings. The second-order valence-electron chi connectivity index (χ2n) is 6.17. The number of aromatic nitrogens is 3. The Hall–Kier alpha value is -1.53. The third kappa shape index (κ3) is 4.41. The fourth-order valence-electron chi connectivity index (χ4n) is 2.66. The molecule has 0 saturated heterocycles. The average Bonchev–Trinajstić information content (AvgIpc) is 2.93. The summed E-state index contributed by atoms with van der Waals surface area (Å²) in [4.78, 5) is 5.00. The number of aliphatic hydroxyl groups excluding tert-OH is 1. The van der Waals surface area contributed by atoms with Crippen LogP contribution in [0.4, 0.5) is 0 Å². The van der Waals surface area contributed by atoms with Gasteiger partial charge in [-0.1, -0.05) is 35.0 Å². The molecule has 136 valence electrons. The van der Waals surface area contributed by atoms with E-state index in [0.717, 1.165) is 21.0 Å². The summed E-state index contributed by atoms with van der Waals surface area (Å²) in [7, 11) is 0. The van der Waals surface area contributed by atoms with Crippen LogP contribution < -0.4 is 0 Å². The number of rotatable bonds is 6. The highest BCUT2D eigenvalue weighted by Gasteiger charge is 2.20. The van der Waals surface area contributed by atoms with Crippen molar-refractivity contribution in [1.29, 1.82) is 0 Å². The van der Waals surface area contributed by atoms with Crippen LogP contribution in [0.2, 0.25) is 10.0 Å². The smallest absolute Gasteiger partial charge is 0.103 e. The van der Waals surface area contributed by atoms with Crippen molar-refractivity contribution in [2.24, 2.45) is 0 Å². The van der Waals surface area contributed by atoms with E-state index < -0.39 is 0 Å². The van der Waals surface area contributed by atoms with E-state index in [4.69, 9.17) is 23.2 Å². The Morgan fingerprint density at radius 1 is 1.12 bits per heavy atom. The lowest BCUT2D eigenvalue weighted by Gasteiger charge is -2.13. The van der Waals surface area contributed by atoms with Crippen molar-refractivity contribution in [1.82, 2.24) is 14.8 Å². The molecular weight excluding hydrogens is 389 g/mol. The van der Waals surface area contributed by atoms with E-state index in [9.17, 15) is 5.11 Å². The fourth-order valence-corrected chi connectivity index (χ4v) is 4.57. The van der Waals surface area contributed by atoms with E-state index in [0.29, 0.717) is 22.2 Å². The summed E-state index contributed by atoms with van der Waals surface area (Å²) in [5.74, 6) is 0. The van der Waals surface area contributed by atoms with Crippen molar-refractivity contribution in [2.75, 3.05) is 0 Å². The molecule has 0 fully saturated rings. The van der Waals surface area contributed by atoms with Gasteiger partial charge >= 0.3 is 0 Å². The largest absolute Gasteiger partial charge is 0.390 e. The zero-order chi connectivity index (χ0) is 18.7. The van der Waals surface area contributed by atoms with E-state index in [1.54, 1.807) is 30.2 Å². The number of pyridine rings is 1. The lowest BCUT2D eigenvalue weighted by atomic mass is 10.1. The van der Waals surface area contributed by atoms with Crippen LogP contribution >= 0.6 is 35.0 Å². The molecule has 26 heavy (non-hydrogen) atoms. The van der Waals surface area contributed by atoms with Gasteiger partial charge in [0.2, 0.25) is 0 Å². The van der Waals surface area contributed by atoms with Crippen LogP contribution in [-0.4, -0.2) is 19.9 Å². The first-order chi connectivity index (χ1) is 12.5. The molecule has 0 amide bonds. The highest BCUT2D eigenvalue weighted by atomic mass is 35.5. The predicted octanol–water partition coefficient (Wildman–Crippen LogP) is 5.40. The first-order valence-corrected chi connectivity index (χ1v) is 9.79. The van der Waals surface area contributed by atoms with E-state index in [-0.39, 0.29) is 12.6 Å². The topological polar surface area (TPSA) is 50.9 Å². The zero-order valence-corrected chi connectivity index (χ0v) is 16.8. The molecule has 0 unspecified atom stereocenters. The number of aliphatic hydroxyl groups is 1. The van der Waals surface area contributed by atoms with Crippen LogP contribution in [0.15, 0.2) is 52.6 Å². The molecule has 0 aliphatic rings. The molecule has 3 rings (SSSR count). The van der Waals surface area contributed by atoms with Crippen LogP contribution in [0.5, 0.6) is 0 Å². The molecule has 0 saturated carbocycles. The first kappa shape index (κ1) is 19.2. The van der Waals surface area contributed by atoms with Gasteiger partial charge in [0.05, 0.1) is 12.3 Å². The molecule has 4 nitrogen and oxygen atoms in total. The maximum atomic E-state index is 9.83. The predicted molar refractivity (Wildman–Crippen MR) is 106 cm³/mol. The Morgan fingerprint density at radius 2 is 1.77 bits per heavy atom. The second kappa shape index (κ2) is 8.44. The molecule has 0 bridgehead atoms. The molecule has 2 heterocycles. The number of hydrogen-bond acceptors (Lipinski definition) is 4. The maximum absolute atomic E-state index is 9.83. The average molecular weight is 408 g/mol. The SMILES string of the molecule is CC(C)n1nc(CO)c(Cc2ccncc2)c1Sc1cc(Cl)cc(Cl)c1. The summed E-state index contributed by atoms with van der Waals surface area (Å²) in [5, 5.41) is 16.6. The monoisotopic (exact) mass is 407 g/mol. The minimum absolute atomic E-state index is 0.107. The fraction of sp³-hybridized carbons (Fsp3) is 0.263. The molecule has 1 N–H and O–H groups in total. The summed E-state index contributed by atoms with van der Waals surface area (Å²) >= 11 is 13.9. The Labute approximate surface area is 167 Å². The molecule has 1 aromatic carbocycles. The molecule has 0 atom stereocenters. The Morgan fingerprint density at radius 3 is 2.35 bits per heavy atom. The van der Waals surface area contributed by atoms with Crippen LogP contribution in [0.25, 0.3) is 0 Å². The lowest BCUT2D eigenvalue weighted by molar-refractivity contribution is 0.273. The van der Waals surface area contributed by atoms with Gasteiger partial charge in [0.15, 0.2) is 0 Å². The number of nitrogens with zero attached hydrogens (tertiary/aromatic N) is 3. The molecule has 0 aliphatic heterocycles. The standard InChI is InChI=1S/C19H19Cl2N3OS/c1-12(2)24-19(26-16-9-14(20)8-15(21)10-16)17(18(11-25)23-24)7-13-3-5-22-6-4-13/h3-6,8-10,12,25H,7,11H2,1-2H3. The summed E-state index contributed by atoms with van der Waals surface area (Å²) in [6.45, 7) is 4.03. The summed E-state index contributed by atoms with van der Waals surface area (Å²) in [5.41, 5.74) is 2.81. The third-order valence-corrected chi connectivity index (χ3v) is 5.40. The van der Waals surface area contributed by atoms with Gasteiger partial charge in [-0.25, -0.2) is 0 Å². The second-order valence-corrected chi connectivity index (χ2v) is 8.10. The van der Waals surface area contributed by atoms with Gasteiger partial charge in [0, 0.05) is 45.4 Å². The molecule has 0 radical (unpaired) electrons. The molecule has 7 heteroatoms. The third-order valence-electron chi connectivity index (χ3n) is 3.86. The number of benzene rings is 1. The quantitative estimate of drug-likeness (QED) is 0.593. The Bertz CT molecular complexity index is 877. The van der Waals surface area contributed by atoms with Gasteiger partial charge in [0.1, 0.15) is 5.03 Å². The van der Waals surface area contributed by atoms with Crippen molar-refractivity contribution in [3.05, 3.63) is 69.6 Å². The summed E-state index contributed by atoms with van der Waals surface area (Å²) < 4.78 is 1.95. The van der Waals surface area contributed by atoms with E-state index in [1.807, 2.05) is 28.9 Å². The van der Waals surface area contributed by atoms with Crippen LogP contribution in [0, 0.1) is 0 Å². The van der Waals surface area contributed by atoms with Gasteiger partial charge in [-0.2, -0.15) is 5.10 Å². The van der Waals surface area contributed by atoms with Crippen molar-refractivity contribution >= 4 is 35.0 Å². The van der Waals surface area contributed by atoms with Crippen LogP contribution in [-0.2, 0) is 13.0 Å². The van der Waals surface area contributed by atoms with Crippen LogP contribution in [0.3, 0.4) is 0 Å². The van der Waals surface area contributed by atoms with Crippen molar-refractivity contribution in [2.45, 2.75) is 42.8 Å². The van der Waals surface area contributed by atoms with Gasteiger partial charge in [-0.15, -0.1) is 0 Å². The minimum atomic E-state index is -0.107. The Kier molecular flexibility index (Phi) is 6.24. The minimum Gasteiger partial charge on any atom is -0.390 e. The molecule has 2 aromatic heterocycles. The highest BCUT2D eigenvalue weighted by Crippen LogP contribution is 2.37. The summed E-state index contributed by atoms with van der Waals surface area (Å²) in [6.07, 6.45) is 4.20. The van der Waals surface area contributed by atoms with Crippen LogP contribution in [0.1, 0.15) is 36.7 Å². The van der Waals surface area contributed by atoms with Crippen molar-refractivity contribution in [3.8, 4) is 0 Å². The van der Waals surface area contributed by atoms with Crippen molar-refractivity contribution < 1.29 is 5.11 Å². The number of halogens is 2. The van der Waals surface area contributed by atoms with Gasteiger partial charge in [-0.3, -0.25) is 9.67 Å². The molecular formula is C19H19Cl2N3OS. The van der Waals surface area contributed by atoms with E-state index in [2.05, 4.69) is 23.9 Å². The number of hydrogen-bond donors (Lipinski definition) is 1. The van der Waals surface area contributed by atoms with Gasteiger partial charge < -0.3 is 5.11 Å². The van der Waals surface area contributed by atoms with E-state index in [1.165, 1.54) is 0 Å². The van der Waals surface area contributed by atoms with Gasteiger partial charge in [0.25, 0.3) is 0 Å². The lowest BCUT2D eigenvalue weighted by Crippen LogP contribution is -2.05. The zero-order valence-electron chi connectivity index (χ0n) is 14.5. The van der Waals surface area contributed by atoms with Crippen molar-refractivity contribution in [3.63, 3.8) is 0 Å². The highest BCUT2D eigenvalue weighted by molar-refractivity contribution is 7.99. The first-order valence-electron chi connectivity index (χ1n) is 8.22. The normalized spacial score (nSPS) is 11.3.